The van der Waals surface area contributed by atoms with Crippen LogP contribution in [0.2, 0.25) is 0 Å². The molecule has 1 aliphatic carbocycles. The van der Waals surface area contributed by atoms with Crippen LogP contribution in [-0.2, 0) is 9.53 Å². The maximum atomic E-state index is 11.8. The Kier molecular flexibility index (Phi) is 6.20. The lowest BCUT2D eigenvalue weighted by molar-refractivity contribution is -0.150. The number of rotatable bonds is 7. The van der Waals surface area contributed by atoms with Gasteiger partial charge in [-0.2, -0.15) is 4.98 Å². The molecule has 0 spiro atoms. The van der Waals surface area contributed by atoms with Gasteiger partial charge in [-0.3, -0.25) is 4.79 Å². The molecule has 3 rings (SSSR count). The third-order valence-electron chi connectivity index (χ3n) is 4.79. The fourth-order valence-corrected chi connectivity index (χ4v) is 3.25. The molecule has 26 heavy (non-hydrogen) atoms. The summed E-state index contributed by atoms with van der Waals surface area (Å²) < 4.78 is 11.0. The van der Waals surface area contributed by atoms with Crippen LogP contribution in [0.4, 0.5) is 5.82 Å². The van der Waals surface area contributed by atoms with Crippen molar-refractivity contribution in [1.82, 2.24) is 15.1 Å². The van der Waals surface area contributed by atoms with Crippen molar-refractivity contribution in [3.8, 4) is 11.4 Å². The molecule has 0 amide bonds. The lowest BCUT2D eigenvalue weighted by Gasteiger charge is -2.26. The Hall–Kier alpha value is -2.44. The van der Waals surface area contributed by atoms with E-state index in [1.54, 1.807) is 12.3 Å². The van der Waals surface area contributed by atoms with E-state index in [9.17, 15) is 4.79 Å². The molecular weight excluding hydrogens is 332 g/mol. The van der Waals surface area contributed by atoms with Gasteiger partial charge in [0.05, 0.1) is 0 Å². The molecule has 140 valence electrons. The van der Waals surface area contributed by atoms with Crippen LogP contribution in [0, 0.1) is 0 Å². The Morgan fingerprint density at radius 1 is 1.27 bits per heavy atom. The molecule has 0 radical (unpaired) electrons. The van der Waals surface area contributed by atoms with Gasteiger partial charge in [-0.05, 0) is 44.2 Å². The molecule has 0 saturated heterocycles. The van der Waals surface area contributed by atoms with Crippen molar-refractivity contribution in [3.05, 3.63) is 24.2 Å². The molecule has 2 N–H and O–H groups in total. The fourth-order valence-electron chi connectivity index (χ4n) is 3.25. The minimum atomic E-state index is -0.0715. The molecule has 7 heteroatoms. The van der Waals surface area contributed by atoms with Crippen LogP contribution in [0.1, 0.15) is 70.1 Å². The van der Waals surface area contributed by atoms with Crippen molar-refractivity contribution in [3.63, 3.8) is 0 Å². The molecule has 0 bridgehead atoms. The van der Waals surface area contributed by atoms with Crippen molar-refractivity contribution in [2.75, 3.05) is 5.73 Å². The van der Waals surface area contributed by atoms with Gasteiger partial charge in [0.1, 0.15) is 11.9 Å². The number of carbonyl (C=O) groups excluding carboxylic acids is 1. The number of anilines is 1. The number of nitrogens with two attached hydrogens (primary N) is 1. The number of carbonyl (C=O) groups is 1. The second-order valence-electron chi connectivity index (χ2n) is 6.85. The number of aromatic nitrogens is 3. The highest BCUT2D eigenvalue weighted by atomic mass is 16.5. The minimum absolute atomic E-state index is 0.0177. The molecule has 1 saturated carbocycles. The Morgan fingerprint density at radius 3 is 2.77 bits per heavy atom. The third kappa shape index (κ3) is 4.80. The summed E-state index contributed by atoms with van der Waals surface area (Å²) in [5.74, 6) is 1.77. The number of ether oxygens (including phenoxy) is 1. The summed E-state index contributed by atoms with van der Waals surface area (Å²) in [6.45, 7) is 2.12. The maximum Gasteiger partial charge on any atom is 0.306 e. The van der Waals surface area contributed by atoms with Crippen LogP contribution in [0.5, 0.6) is 0 Å². The van der Waals surface area contributed by atoms with Crippen LogP contribution in [0.3, 0.4) is 0 Å². The zero-order chi connectivity index (χ0) is 18.4. The highest BCUT2D eigenvalue weighted by Crippen LogP contribution is 2.34. The average molecular weight is 358 g/mol. The number of hydrogen-bond donors (Lipinski definition) is 1. The number of hydrogen-bond acceptors (Lipinski definition) is 7. The third-order valence-corrected chi connectivity index (χ3v) is 4.79. The van der Waals surface area contributed by atoms with E-state index in [-0.39, 0.29) is 18.0 Å². The monoisotopic (exact) mass is 358 g/mol. The van der Waals surface area contributed by atoms with Gasteiger partial charge in [-0.25, -0.2) is 4.98 Å². The molecular formula is C19H26N4O3. The van der Waals surface area contributed by atoms with E-state index in [1.165, 1.54) is 0 Å². The molecule has 0 aliphatic heterocycles. The first kappa shape index (κ1) is 18.4. The minimum Gasteiger partial charge on any atom is -0.462 e. The van der Waals surface area contributed by atoms with Gasteiger partial charge >= 0.3 is 5.97 Å². The number of esters is 1. The van der Waals surface area contributed by atoms with E-state index in [0.29, 0.717) is 24.0 Å². The molecule has 2 aromatic heterocycles. The zero-order valence-corrected chi connectivity index (χ0v) is 15.2. The van der Waals surface area contributed by atoms with Gasteiger partial charge in [0.15, 0.2) is 0 Å². The molecule has 0 unspecified atom stereocenters. The SMILES string of the molecule is CCCCCC(=O)OC1CCC(c2nc(-c3ccc(N)nc3)no2)CC1. The summed E-state index contributed by atoms with van der Waals surface area (Å²) in [5, 5.41) is 4.05. The summed E-state index contributed by atoms with van der Waals surface area (Å²) in [5.41, 5.74) is 6.38. The van der Waals surface area contributed by atoms with Crippen molar-refractivity contribution < 1.29 is 14.1 Å². The summed E-state index contributed by atoms with van der Waals surface area (Å²) in [6.07, 6.45) is 8.72. The summed E-state index contributed by atoms with van der Waals surface area (Å²) in [7, 11) is 0. The highest BCUT2D eigenvalue weighted by molar-refractivity contribution is 5.69. The van der Waals surface area contributed by atoms with Crippen molar-refractivity contribution in [1.29, 1.82) is 0 Å². The molecule has 0 aromatic carbocycles. The lowest BCUT2D eigenvalue weighted by Crippen LogP contribution is -2.23. The summed E-state index contributed by atoms with van der Waals surface area (Å²) in [6, 6.07) is 3.54. The smallest absolute Gasteiger partial charge is 0.306 e. The number of pyridine rings is 1. The van der Waals surface area contributed by atoms with Crippen LogP contribution < -0.4 is 5.73 Å². The zero-order valence-electron chi connectivity index (χ0n) is 15.2. The van der Waals surface area contributed by atoms with Gasteiger partial charge in [0.2, 0.25) is 11.7 Å². The predicted molar refractivity (Wildman–Crippen MR) is 97.2 cm³/mol. The predicted octanol–water partition coefficient (Wildman–Crippen LogP) is 3.86. The Morgan fingerprint density at radius 2 is 2.08 bits per heavy atom. The van der Waals surface area contributed by atoms with E-state index in [1.807, 2.05) is 6.07 Å². The van der Waals surface area contributed by atoms with Gasteiger partial charge in [-0.1, -0.05) is 24.9 Å². The Balaban J connectivity index is 1.49. The maximum absolute atomic E-state index is 11.8. The first-order valence-corrected chi connectivity index (χ1v) is 9.40. The molecule has 2 heterocycles. The highest BCUT2D eigenvalue weighted by Gasteiger charge is 2.28. The lowest BCUT2D eigenvalue weighted by atomic mass is 9.87. The molecule has 1 fully saturated rings. The topological polar surface area (TPSA) is 104 Å². The van der Waals surface area contributed by atoms with Crippen LogP contribution in [0.25, 0.3) is 11.4 Å². The average Bonchev–Trinajstić information content (AvgIpc) is 3.13. The van der Waals surface area contributed by atoms with Gasteiger partial charge in [0.25, 0.3) is 0 Å². The van der Waals surface area contributed by atoms with Crippen LogP contribution >= 0.6 is 0 Å². The van der Waals surface area contributed by atoms with Crippen molar-refractivity contribution in [2.24, 2.45) is 0 Å². The van der Waals surface area contributed by atoms with Crippen molar-refractivity contribution >= 4 is 11.8 Å². The molecule has 1 aliphatic rings. The first-order valence-electron chi connectivity index (χ1n) is 9.40. The molecule has 2 aromatic rings. The fraction of sp³-hybridized carbons (Fsp3) is 0.579. The number of nitrogens with zero attached hydrogens (tertiary/aromatic N) is 3. The second-order valence-corrected chi connectivity index (χ2v) is 6.85. The summed E-state index contributed by atoms with van der Waals surface area (Å²) in [4.78, 5) is 20.4. The van der Waals surface area contributed by atoms with E-state index in [4.69, 9.17) is 15.0 Å². The Bertz CT molecular complexity index is 706. The van der Waals surface area contributed by atoms with Crippen molar-refractivity contribution in [2.45, 2.75) is 70.3 Å². The van der Waals surface area contributed by atoms with Gasteiger partial charge in [-0.15, -0.1) is 0 Å². The van der Waals surface area contributed by atoms with E-state index in [2.05, 4.69) is 22.0 Å². The van der Waals surface area contributed by atoms with Gasteiger partial charge < -0.3 is 15.0 Å². The number of nitrogen functional groups attached to an aromatic ring is 1. The van der Waals surface area contributed by atoms with Gasteiger partial charge in [0, 0.05) is 24.1 Å². The van der Waals surface area contributed by atoms with E-state index >= 15 is 0 Å². The molecule has 0 atom stereocenters. The van der Waals surface area contributed by atoms with Crippen LogP contribution in [0.15, 0.2) is 22.9 Å². The Labute approximate surface area is 153 Å². The number of unbranched alkanes of at least 4 members (excludes halogenated alkanes) is 2. The largest absolute Gasteiger partial charge is 0.462 e. The van der Waals surface area contributed by atoms with E-state index < -0.39 is 0 Å². The normalized spacial score (nSPS) is 20.0. The standard InChI is InChI=1S/C19H26N4O3/c1-2-3-4-5-17(24)25-15-9-6-13(7-10-15)19-22-18(23-26-19)14-8-11-16(20)21-12-14/h8,11-13,15H,2-7,9-10H2,1H3,(H2,20,21). The first-order chi connectivity index (χ1) is 12.7. The molecule has 7 nitrogen and oxygen atoms in total. The second kappa shape index (κ2) is 8.78. The summed E-state index contributed by atoms with van der Waals surface area (Å²) >= 11 is 0. The van der Waals surface area contributed by atoms with Crippen LogP contribution in [-0.4, -0.2) is 27.2 Å². The quantitative estimate of drug-likeness (QED) is 0.592. The van der Waals surface area contributed by atoms with E-state index in [0.717, 1.165) is 50.5 Å².